The summed E-state index contributed by atoms with van der Waals surface area (Å²) in [6, 6.07) is 16.9. The zero-order chi connectivity index (χ0) is 29.7. The maximum Gasteiger partial charge on any atom is 0.264 e. The Morgan fingerprint density at radius 3 is 2.29 bits per heavy atom. The average molecular weight is 637 g/mol. The van der Waals surface area contributed by atoms with Crippen LogP contribution in [0.25, 0.3) is 0 Å². The van der Waals surface area contributed by atoms with Gasteiger partial charge in [-0.15, -0.1) is 0 Å². The molecular formula is C30H32Cl3N3O4S. The summed E-state index contributed by atoms with van der Waals surface area (Å²) in [4.78, 5) is 28.8. The summed E-state index contributed by atoms with van der Waals surface area (Å²) in [6.07, 6.45) is 3.85. The highest BCUT2D eigenvalue weighted by Crippen LogP contribution is 2.30. The Hall–Kier alpha value is -2.78. The second-order valence-corrected chi connectivity index (χ2v) is 13.3. The number of carbonyl (C=O) groups is 2. The molecule has 0 aliphatic heterocycles. The molecule has 1 fully saturated rings. The number of nitrogens with one attached hydrogen (secondary N) is 1. The van der Waals surface area contributed by atoms with Gasteiger partial charge in [0.15, 0.2) is 0 Å². The van der Waals surface area contributed by atoms with Crippen LogP contribution < -0.4 is 9.62 Å². The van der Waals surface area contributed by atoms with Crippen LogP contribution in [-0.4, -0.2) is 43.8 Å². The third kappa shape index (κ3) is 7.55. The van der Waals surface area contributed by atoms with Crippen molar-refractivity contribution < 1.29 is 18.0 Å². The van der Waals surface area contributed by atoms with Gasteiger partial charge in [0, 0.05) is 17.6 Å². The molecule has 0 spiro atoms. The van der Waals surface area contributed by atoms with Crippen molar-refractivity contribution in [2.24, 2.45) is 0 Å². The molecular weight excluding hydrogens is 605 g/mol. The van der Waals surface area contributed by atoms with E-state index in [4.69, 9.17) is 34.8 Å². The number of anilines is 1. The summed E-state index contributed by atoms with van der Waals surface area (Å²) in [5.41, 5.74) is 1.53. The lowest BCUT2D eigenvalue weighted by Gasteiger charge is -2.33. The first-order chi connectivity index (χ1) is 19.5. The van der Waals surface area contributed by atoms with E-state index in [1.807, 2.05) is 0 Å². The maximum absolute atomic E-state index is 14.1. The first-order valence-corrected chi connectivity index (χ1v) is 15.9. The lowest BCUT2D eigenvalue weighted by atomic mass is 10.1. The van der Waals surface area contributed by atoms with Crippen LogP contribution >= 0.6 is 34.8 Å². The van der Waals surface area contributed by atoms with Gasteiger partial charge in [-0.1, -0.05) is 78.0 Å². The zero-order valence-corrected chi connectivity index (χ0v) is 25.9. The molecule has 0 heterocycles. The van der Waals surface area contributed by atoms with Gasteiger partial charge < -0.3 is 10.2 Å². The topological polar surface area (TPSA) is 86.8 Å². The summed E-state index contributed by atoms with van der Waals surface area (Å²) in [5, 5.41) is 4.04. The van der Waals surface area contributed by atoms with E-state index < -0.39 is 28.5 Å². The Morgan fingerprint density at radius 1 is 0.951 bits per heavy atom. The molecule has 0 saturated heterocycles. The summed E-state index contributed by atoms with van der Waals surface area (Å²) in [6.45, 7) is 2.85. The maximum atomic E-state index is 14.1. The smallest absolute Gasteiger partial charge is 0.264 e. The Balaban J connectivity index is 1.72. The minimum atomic E-state index is -4.18. The third-order valence-electron chi connectivity index (χ3n) is 7.26. The Morgan fingerprint density at radius 2 is 1.63 bits per heavy atom. The first-order valence-electron chi connectivity index (χ1n) is 13.3. The van der Waals surface area contributed by atoms with E-state index in [0.717, 1.165) is 30.0 Å². The zero-order valence-electron chi connectivity index (χ0n) is 22.8. The molecule has 41 heavy (non-hydrogen) atoms. The van der Waals surface area contributed by atoms with Crippen molar-refractivity contribution in [3.8, 4) is 0 Å². The predicted molar refractivity (Wildman–Crippen MR) is 164 cm³/mol. The number of carbonyl (C=O) groups excluding carboxylic acids is 2. The molecule has 2 amide bonds. The molecule has 11 heteroatoms. The molecule has 3 aromatic rings. The summed E-state index contributed by atoms with van der Waals surface area (Å²) in [5.74, 6) is -0.870. The number of benzene rings is 3. The predicted octanol–water partition coefficient (Wildman–Crippen LogP) is 6.63. The largest absolute Gasteiger partial charge is 0.352 e. The van der Waals surface area contributed by atoms with Gasteiger partial charge in [0.25, 0.3) is 10.0 Å². The van der Waals surface area contributed by atoms with Gasteiger partial charge in [-0.2, -0.15) is 0 Å². The molecule has 1 aliphatic carbocycles. The molecule has 4 rings (SSSR count). The van der Waals surface area contributed by atoms with Crippen molar-refractivity contribution in [1.29, 1.82) is 0 Å². The van der Waals surface area contributed by atoms with Gasteiger partial charge in [0.05, 0.1) is 20.6 Å². The lowest BCUT2D eigenvalue weighted by molar-refractivity contribution is -0.139. The quantitative estimate of drug-likeness (QED) is 0.271. The molecule has 218 valence electrons. The van der Waals surface area contributed by atoms with Crippen LogP contribution in [0.4, 0.5) is 5.69 Å². The van der Waals surface area contributed by atoms with Crippen molar-refractivity contribution in [2.75, 3.05) is 10.8 Å². The van der Waals surface area contributed by atoms with Gasteiger partial charge in [-0.05, 0) is 74.2 Å². The van der Waals surface area contributed by atoms with Crippen LogP contribution in [0, 0.1) is 6.92 Å². The van der Waals surface area contributed by atoms with E-state index in [9.17, 15) is 18.0 Å². The molecule has 1 N–H and O–H groups in total. The number of sulfonamides is 1. The van der Waals surface area contributed by atoms with Crippen LogP contribution in [0.5, 0.6) is 0 Å². The number of halogens is 3. The first kappa shape index (κ1) is 31.2. The fraction of sp³-hybridized carbons (Fsp3) is 0.333. The fourth-order valence-electron chi connectivity index (χ4n) is 4.89. The highest BCUT2D eigenvalue weighted by atomic mass is 35.5. The Bertz CT molecular complexity index is 1510. The van der Waals surface area contributed by atoms with E-state index in [1.54, 1.807) is 62.4 Å². The van der Waals surface area contributed by atoms with Crippen molar-refractivity contribution >= 4 is 62.3 Å². The molecule has 1 atom stereocenters. The number of rotatable bonds is 10. The van der Waals surface area contributed by atoms with Crippen molar-refractivity contribution in [1.82, 2.24) is 10.2 Å². The fourth-order valence-corrected chi connectivity index (χ4v) is 6.87. The highest BCUT2D eigenvalue weighted by Gasteiger charge is 2.34. The second kappa shape index (κ2) is 13.5. The van der Waals surface area contributed by atoms with Crippen molar-refractivity contribution in [3.05, 3.63) is 92.9 Å². The van der Waals surface area contributed by atoms with Gasteiger partial charge in [-0.3, -0.25) is 13.9 Å². The molecule has 0 bridgehead atoms. The summed E-state index contributed by atoms with van der Waals surface area (Å²) < 4.78 is 28.9. The van der Waals surface area contributed by atoms with Gasteiger partial charge >= 0.3 is 0 Å². The molecule has 1 saturated carbocycles. The molecule has 0 unspecified atom stereocenters. The second-order valence-electron chi connectivity index (χ2n) is 10.2. The van der Waals surface area contributed by atoms with E-state index in [-0.39, 0.29) is 29.1 Å². The third-order valence-corrected chi connectivity index (χ3v) is 10.0. The van der Waals surface area contributed by atoms with E-state index >= 15 is 0 Å². The Kier molecular flexibility index (Phi) is 10.2. The SMILES string of the molecule is Cc1ccc(Cl)cc1N(CC(=O)N(Cc1ccc(Cl)c(Cl)c1)[C@H](C)C(=O)NC1CCCC1)S(=O)(=O)c1ccccc1. The minimum absolute atomic E-state index is 0.0166. The molecule has 0 radical (unpaired) electrons. The van der Waals surface area contributed by atoms with Crippen LogP contribution in [-0.2, 0) is 26.2 Å². The van der Waals surface area contributed by atoms with Gasteiger partial charge in [0.1, 0.15) is 12.6 Å². The van der Waals surface area contributed by atoms with E-state index in [0.29, 0.717) is 26.2 Å². The number of aryl methyl sites for hydroxylation is 1. The van der Waals surface area contributed by atoms with Crippen LogP contribution in [0.2, 0.25) is 15.1 Å². The number of amides is 2. The molecule has 1 aliphatic rings. The number of hydrogen-bond acceptors (Lipinski definition) is 4. The normalized spacial score (nSPS) is 14.5. The Labute approximate surface area is 256 Å². The minimum Gasteiger partial charge on any atom is -0.352 e. The van der Waals surface area contributed by atoms with Crippen LogP contribution in [0.15, 0.2) is 71.6 Å². The summed E-state index contributed by atoms with van der Waals surface area (Å²) >= 11 is 18.6. The van der Waals surface area contributed by atoms with Crippen molar-refractivity contribution in [3.63, 3.8) is 0 Å². The van der Waals surface area contributed by atoms with E-state index in [1.165, 1.54) is 23.1 Å². The van der Waals surface area contributed by atoms with Gasteiger partial charge in [0.2, 0.25) is 11.8 Å². The highest BCUT2D eigenvalue weighted by molar-refractivity contribution is 7.92. The molecule has 0 aromatic heterocycles. The van der Waals surface area contributed by atoms with E-state index in [2.05, 4.69) is 5.32 Å². The van der Waals surface area contributed by atoms with Crippen LogP contribution in [0.3, 0.4) is 0 Å². The molecule has 7 nitrogen and oxygen atoms in total. The standard InChI is InChI=1S/C30H32Cl3N3O4S/c1-20-12-14-23(31)17-28(20)36(41(39,40)25-10-4-3-5-11-25)19-29(37)35(18-22-13-15-26(32)27(33)16-22)21(2)30(38)34-24-8-6-7-9-24/h3-5,10-17,21,24H,6-9,18-19H2,1-2H3,(H,34,38)/t21-/m1/s1. The number of nitrogens with zero attached hydrogens (tertiary/aromatic N) is 2. The van der Waals surface area contributed by atoms with Crippen LogP contribution in [0.1, 0.15) is 43.7 Å². The average Bonchev–Trinajstić information content (AvgIpc) is 3.46. The monoisotopic (exact) mass is 635 g/mol. The lowest BCUT2D eigenvalue weighted by Crippen LogP contribution is -2.52. The van der Waals surface area contributed by atoms with Crippen molar-refractivity contribution in [2.45, 2.75) is 63.1 Å². The number of hydrogen-bond donors (Lipinski definition) is 1. The summed E-state index contributed by atoms with van der Waals surface area (Å²) in [7, 11) is -4.18. The molecule has 3 aromatic carbocycles. The van der Waals surface area contributed by atoms with Gasteiger partial charge in [-0.25, -0.2) is 8.42 Å².